The molecule has 2 aromatic heterocycles. The third-order valence-electron chi connectivity index (χ3n) is 2.64. The van der Waals surface area contributed by atoms with Gasteiger partial charge in [0.05, 0.1) is 7.11 Å². The molecular formula is C13H8ClN5OS3. The van der Waals surface area contributed by atoms with Crippen molar-refractivity contribution in [3.8, 4) is 11.8 Å². The van der Waals surface area contributed by atoms with Crippen molar-refractivity contribution in [2.24, 2.45) is 0 Å². The Morgan fingerprint density at radius 2 is 2.26 bits per heavy atom. The number of hydrogen-bond donors (Lipinski definition) is 1. The first-order valence-corrected chi connectivity index (χ1v) is 8.95. The van der Waals surface area contributed by atoms with Crippen LogP contribution in [0.2, 0.25) is 5.15 Å². The van der Waals surface area contributed by atoms with Gasteiger partial charge in [-0.1, -0.05) is 29.0 Å². The van der Waals surface area contributed by atoms with Crippen LogP contribution in [0.25, 0.3) is 0 Å². The molecule has 0 amide bonds. The van der Waals surface area contributed by atoms with E-state index < -0.39 is 0 Å². The lowest BCUT2D eigenvalue weighted by molar-refractivity contribution is 0.415. The molecule has 0 saturated carbocycles. The summed E-state index contributed by atoms with van der Waals surface area (Å²) in [5.74, 6) is 0.757. The third-order valence-corrected chi connectivity index (χ3v) is 5.91. The second-order valence-corrected chi connectivity index (χ2v) is 7.70. The quantitative estimate of drug-likeness (QED) is 0.700. The number of anilines is 2. The van der Waals surface area contributed by atoms with Crippen LogP contribution in [0.1, 0.15) is 5.56 Å². The van der Waals surface area contributed by atoms with Gasteiger partial charge in [0.25, 0.3) is 0 Å². The van der Waals surface area contributed by atoms with Crippen molar-refractivity contribution < 1.29 is 4.74 Å². The fourth-order valence-electron chi connectivity index (χ4n) is 1.62. The molecule has 0 aliphatic rings. The molecule has 0 saturated heterocycles. The lowest BCUT2D eigenvalue weighted by Crippen LogP contribution is -1.90. The second kappa shape index (κ2) is 7.14. The number of rotatable bonds is 5. The summed E-state index contributed by atoms with van der Waals surface area (Å²) in [6, 6.07) is 9.57. The first kappa shape index (κ1) is 16.0. The Morgan fingerprint density at radius 3 is 3.04 bits per heavy atom. The summed E-state index contributed by atoms with van der Waals surface area (Å²) in [4.78, 5) is 0. The highest BCUT2D eigenvalue weighted by atomic mass is 35.5. The Morgan fingerprint density at radius 1 is 1.39 bits per heavy atom. The molecule has 3 aromatic rings. The lowest BCUT2D eigenvalue weighted by Gasteiger charge is -2.04. The average Bonchev–Trinajstić information content (AvgIpc) is 3.14. The summed E-state index contributed by atoms with van der Waals surface area (Å²) >= 11 is 9.74. The van der Waals surface area contributed by atoms with Crippen LogP contribution in [-0.2, 0) is 0 Å². The van der Waals surface area contributed by atoms with E-state index in [1.807, 2.05) is 30.3 Å². The predicted molar refractivity (Wildman–Crippen MR) is 92.1 cm³/mol. The van der Waals surface area contributed by atoms with Crippen LogP contribution in [-0.4, -0.2) is 21.7 Å². The maximum absolute atomic E-state index is 9.08. The molecule has 3 rings (SSSR count). The maximum atomic E-state index is 9.08. The van der Waals surface area contributed by atoms with Gasteiger partial charge in [-0.3, -0.25) is 0 Å². The van der Waals surface area contributed by atoms with Gasteiger partial charge in [-0.2, -0.15) is 9.64 Å². The number of halogens is 1. The molecule has 0 aliphatic heterocycles. The van der Waals surface area contributed by atoms with Crippen LogP contribution in [0.3, 0.4) is 0 Å². The average molecular weight is 382 g/mol. The van der Waals surface area contributed by atoms with E-state index in [9.17, 15) is 0 Å². The Kier molecular flexibility index (Phi) is 4.97. The van der Waals surface area contributed by atoms with Crippen molar-refractivity contribution in [2.75, 3.05) is 12.4 Å². The minimum Gasteiger partial charge on any atom is -0.497 e. The molecule has 0 aliphatic carbocycles. The van der Waals surface area contributed by atoms with Crippen LogP contribution < -0.4 is 10.1 Å². The number of benzene rings is 1. The number of nitrogens with one attached hydrogen (secondary N) is 1. The minimum atomic E-state index is 0.222. The highest BCUT2D eigenvalue weighted by molar-refractivity contribution is 8.02. The summed E-state index contributed by atoms with van der Waals surface area (Å²) < 4.78 is 10.6. The molecule has 0 fully saturated rings. The topological polar surface area (TPSA) is 83.7 Å². The van der Waals surface area contributed by atoms with Gasteiger partial charge in [0.2, 0.25) is 5.13 Å². The highest BCUT2D eigenvalue weighted by Crippen LogP contribution is 2.39. The Labute approximate surface area is 149 Å². The van der Waals surface area contributed by atoms with Gasteiger partial charge in [-0.15, -0.1) is 10.2 Å². The first-order valence-electron chi connectivity index (χ1n) is 6.17. The van der Waals surface area contributed by atoms with Gasteiger partial charge in [0.15, 0.2) is 9.49 Å². The summed E-state index contributed by atoms with van der Waals surface area (Å²) in [6.07, 6.45) is 0. The number of ether oxygens (including phenoxy) is 1. The molecule has 23 heavy (non-hydrogen) atoms. The van der Waals surface area contributed by atoms with Gasteiger partial charge < -0.3 is 10.1 Å². The zero-order chi connectivity index (χ0) is 16.2. The maximum Gasteiger partial charge on any atom is 0.210 e. The Hall–Kier alpha value is -1.86. The fourth-order valence-corrected chi connectivity index (χ4v) is 4.76. The van der Waals surface area contributed by atoms with E-state index in [0.717, 1.165) is 11.4 Å². The molecule has 0 spiro atoms. The SMILES string of the molecule is COc1cccc(Nc2nnc(Sc3snc(Cl)c3C#N)s2)c1. The third kappa shape index (κ3) is 3.73. The van der Waals surface area contributed by atoms with Crippen molar-refractivity contribution in [2.45, 2.75) is 8.55 Å². The van der Waals surface area contributed by atoms with Crippen molar-refractivity contribution >= 4 is 57.1 Å². The van der Waals surface area contributed by atoms with Crippen LogP contribution in [0.5, 0.6) is 5.75 Å². The number of nitrogens with zero attached hydrogens (tertiary/aromatic N) is 4. The molecule has 116 valence electrons. The molecule has 2 heterocycles. The van der Waals surface area contributed by atoms with Crippen molar-refractivity contribution in [1.82, 2.24) is 14.6 Å². The molecule has 10 heteroatoms. The number of hydrogen-bond acceptors (Lipinski definition) is 9. The van der Waals surface area contributed by atoms with Gasteiger partial charge >= 0.3 is 0 Å². The number of nitriles is 1. The van der Waals surface area contributed by atoms with Crippen LogP contribution in [0, 0.1) is 11.3 Å². The Bertz CT molecular complexity index is 873. The standard InChI is InChI=1S/C13H8ClN5OS3/c1-20-8-4-2-3-7(5-8)16-12-17-18-13(22-12)21-11-9(6-15)10(14)19-23-11/h2-5H,1H3,(H,16,17). The molecule has 1 aromatic carbocycles. The van der Waals surface area contributed by atoms with Gasteiger partial charge in [-0.05, 0) is 35.4 Å². The van der Waals surface area contributed by atoms with Crippen LogP contribution in [0.15, 0.2) is 32.8 Å². The zero-order valence-corrected chi connectivity index (χ0v) is 14.8. The smallest absolute Gasteiger partial charge is 0.210 e. The first-order chi connectivity index (χ1) is 11.2. The van der Waals surface area contributed by atoms with Crippen molar-refractivity contribution in [3.05, 3.63) is 35.0 Å². The monoisotopic (exact) mass is 381 g/mol. The van der Waals surface area contributed by atoms with E-state index in [-0.39, 0.29) is 5.15 Å². The summed E-state index contributed by atoms with van der Waals surface area (Å²) in [5, 5.41) is 21.3. The normalized spacial score (nSPS) is 10.3. The largest absolute Gasteiger partial charge is 0.497 e. The molecule has 1 N–H and O–H groups in total. The van der Waals surface area contributed by atoms with E-state index in [1.165, 1.54) is 34.6 Å². The molecule has 0 atom stereocenters. The second-order valence-electron chi connectivity index (χ2n) is 4.08. The van der Waals surface area contributed by atoms with Gasteiger partial charge in [-0.25, -0.2) is 0 Å². The summed E-state index contributed by atoms with van der Waals surface area (Å²) in [7, 11) is 1.62. The van der Waals surface area contributed by atoms with E-state index in [1.54, 1.807) is 7.11 Å². The fraction of sp³-hybridized carbons (Fsp3) is 0.0769. The summed E-state index contributed by atoms with van der Waals surface area (Å²) in [6.45, 7) is 0. The zero-order valence-electron chi connectivity index (χ0n) is 11.6. The molecule has 0 radical (unpaired) electrons. The van der Waals surface area contributed by atoms with E-state index >= 15 is 0 Å². The minimum absolute atomic E-state index is 0.222. The van der Waals surface area contributed by atoms with E-state index in [4.69, 9.17) is 21.6 Å². The van der Waals surface area contributed by atoms with Gasteiger partial charge in [0, 0.05) is 11.8 Å². The van der Waals surface area contributed by atoms with Crippen LogP contribution in [0.4, 0.5) is 10.8 Å². The van der Waals surface area contributed by atoms with Crippen molar-refractivity contribution in [1.29, 1.82) is 5.26 Å². The Balaban J connectivity index is 1.74. The number of aromatic nitrogens is 3. The lowest BCUT2D eigenvalue weighted by atomic mass is 10.3. The van der Waals surface area contributed by atoms with E-state index in [2.05, 4.69) is 19.9 Å². The molecule has 0 unspecified atom stereocenters. The van der Waals surface area contributed by atoms with E-state index in [0.29, 0.717) is 19.2 Å². The molecule has 6 nitrogen and oxygen atoms in total. The number of methoxy groups -OCH3 is 1. The van der Waals surface area contributed by atoms with Crippen LogP contribution >= 0.6 is 46.2 Å². The molecule has 0 bridgehead atoms. The van der Waals surface area contributed by atoms with Crippen molar-refractivity contribution in [3.63, 3.8) is 0 Å². The predicted octanol–water partition coefficient (Wildman–Crippen LogP) is 4.42. The molecular weight excluding hydrogens is 374 g/mol. The van der Waals surface area contributed by atoms with Gasteiger partial charge in [0.1, 0.15) is 21.6 Å². The highest BCUT2D eigenvalue weighted by Gasteiger charge is 2.15. The summed E-state index contributed by atoms with van der Waals surface area (Å²) in [5.41, 5.74) is 1.23.